The largest absolute Gasteiger partial charge is 0.386 e. The highest BCUT2D eigenvalue weighted by Gasteiger charge is 2.66. The van der Waals surface area contributed by atoms with Crippen molar-refractivity contribution in [3.05, 3.63) is 35.2 Å². The van der Waals surface area contributed by atoms with Crippen LogP contribution in [0.3, 0.4) is 0 Å². The normalized spacial score (nSPS) is 28.8. The molecule has 3 fully saturated rings. The summed E-state index contributed by atoms with van der Waals surface area (Å²) >= 11 is 1.65. The van der Waals surface area contributed by atoms with E-state index < -0.39 is 6.10 Å². The Hall–Kier alpha value is -0.900. The van der Waals surface area contributed by atoms with Crippen molar-refractivity contribution in [1.82, 2.24) is 10.6 Å². The number of hydrogen-bond donors (Lipinski definition) is 3. The first-order valence-corrected chi connectivity index (χ1v) is 10.8. The molecule has 2 saturated carbocycles. The monoisotopic (exact) mass is 513 g/mol. The SMILES string of the molecule is CN=C(NCC(O)c1cc2ccccc2s1)NC1C2CCOC2C12CCC2.I. The van der Waals surface area contributed by atoms with Gasteiger partial charge in [-0.25, -0.2) is 0 Å². The number of aliphatic hydroxyl groups is 1. The van der Waals surface area contributed by atoms with Crippen LogP contribution in [0.15, 0.2) is 35.3 Å². The molecule has 3 aliphatic rings. The van der Waals surface area contributed by atoms with Crippen LogP contribution in [-0.2, 0) is 4.74 Å². The highest BCUT2D eigenvalue weighted by atomic mass is 127. The first kappa shape index (κ1) is 20.4. The van der Waals surface area contributed by atoms with E-state index in [9.17, 15) is 5.11 Å². The fourth-order valence-electron chi connectivity index (χ4n) is 5.26. The lowest BCUT2D eigenvalue weighted by Crippen LogP contribution is -2.72. The Balaban J connectivity index is 0.00000192. The molecule has 0 amide bonds. The first-order chi connectivity index (χ1) is 13.2. The zero-order valence-corrected chi connectivity index (χ0v) is 19.2. The predicted molar refractivity (Wildman–Crippen MR) is 125 cm³/mol. The van der Waals surface area contributed by atoms with E-state index in [2.05, 4.69) is 33.8 Å². The van der Waals surface area contributed by atoms with Gasteiger partial charge in [-0.1, -0.05) is 24.6 Å². The van der Waals surface area contributed by atoms with E-state index in [1.165, 1.54) is 29.3 Å². The minimum Gasteiger partial charge on any atom is -0.386 e. The summed E-state index contributed by atoms with van der Waals surface area (Å²) in [6.45, 7) is 1.35. The van der Waals surface area contributed by atoms with Crippen LogP contribution in [0.5, 0.6) is 0 Å². The average Bonchev–Trinajstić information content (AvgIpc) is 3.25. The molecule has 5 rings (SSSR count). The van der Waals surface area contributed by atoms with Crippen LogP contribution in [0.4, 0.5) is 0 Å². The topological polar surface area (TPSA) is 65.9 Å². The van der Waals surface area contributed by atoms with Crippen LogP contribution in [0.2, 0.25) is 0 Å². The molecule has 152 valence electrons. The van der Waals surface area contributed by atoms with Gasteiger partial charge >= 0.3 is 0 Å². The molecule has 1 saturated heterocycles. The lowest BCUT2D eigenvalue weighted by molar-refractivity contribution is -0.171. The van der Waals surface area contributed by atoms with Gasteiger partial charge in [-0.3, -0.25) is 4.99 Å². The van der Waals surface area contributed by atoms with Gasteiger partial charge in [0.25, 0.3) is 0 Å². The van der Waals surface area contributed by atoms with Crippen LogP contribution in [-0.4, -0.2) is 43.4 Å². The number of benzene rings is 1. The third-order valence-corrected chi connectivity index (χ3v) is 8.01. The van der Waals surface area contributed by atoms with Crippen molar-refractivity contribution in [3.8, 4) is 0 Å². The second-order valence-electron chi connectivity index (χ2n) is 8.11. The second-order valence-corrected chi connectivity index (χ2v) is 9.22. The van der Waals surface area contributed by atoms with E-state index in [1.807, 2.05) is 12.1 Å². The van der Waals surface area contributed by atoms with Crippen LogP contribution in [0.1, 0.15) is 36.7 Å². The number of fused-ring (bicyclic) bond motifs is 3. The molecule has 4 atom stereocenters. The zero-order valence-electron chi connectivity index (χ0n) is 16.1. The van der Waals surface area contributed by atoms with Gasteiger partial charge in [0.15, 0.2) is 5.96 Å². The number of ether oxygens (including phenoxy) is 1. The van der Waals surface area contributed by atoms with Crippen molar-refractivity contribution in [3.63, 3.8) is 0 Å². The van der Waals surface area contributed by atoms with Crippen LogP contribution in [0, 0.1) is 11.3 Å². The molecular formula is C21H28IN3O2S. The Morgan fingerprint density at radius 1 is 1.39 bits per heavy atom. The molecule has 1 aromatic heterocycles. The fraction of sp³-hybridized carbons (Fsp3) is 0.571. The number of nitrogens with one attached hydrogen (secondary N) is 2. The molecule has 7 heteroatoms. The second kappa shape index (κ2) is 8.08. The summed E-state index contributed by atoms with van der Waals surface area (Å²) in [5.41, 5.74) is 0.322. The number of aliphatic imine (C=N–C) groups is 1. The Bertz CT molecular complexity index is 833. The van der Waals surface area contributed by atoms with Gasteiger partial charge in [0.05, 0.1) is 6.10 Å². The van der Waals surface area contributed by atoms with E-state index in [-0.39, 0.29) is 24.0 Å². The van der Waals surface area contributed by atoms with Crippen LogP contribution in [0.25, 0.3) is 10.1 Å². The third-order valence-electron chi connectivity index (χ3n) is 6.79. The van der Waals surface area contributed by atoms with Crippen LogP contribution >= 0.6 is 35.3 Å². The number of guanidine groups is 1. The number of hydrogen-bond acceptors (Lipinski definition) is 4. The smallest absolute Gasteiger partial charge is 0.191 e. The van der Waals surface area contributed by atoms with Crippen molar-refractivity contribution < 1.29 is 9.84 Å². The highest BCUT2D eigenvalue weighted by molar-refractivity contribution is 14.0. The maximum absolute atomic E-state index is 10.6. The summed E-state index contributed by atoms with van der Waals surface area (Å²) in [7, 11) is 1.80. The van der Waals surface area contributed by atoms with Gasteiger partial charge in [0, 0.05) is 47.2 Å². The Morgan fingerprint density at radius 2 is 2.21 bits per heavy atom. The Kier molecular flexibility index (Phi) is 5.88. The number of aliphatic hydroxyl groups excluding tert-OH is 1. The molecule has 1 spiro atoms. The molecule has 4 unspecified atom stereocenters. The van der Waals surface area contributed by atoms with Gasteiger partial charge in [-0.2, -0.15) is 0 Å². The summed E-state index contributed by atoms with van der Waals surface area (Å²) < 4.78 is 7.21. The van der Waals surface area contributed by atoms with Gasteiger partial charge in [-0.15, -0.1) is 35.3 Å². The molecule has 28 heavy (non-hydrogen) atoms. The summed E-state index contributed by atoms with van der Waals surface area (Å²) in [5, 5.41) is 18.8. The van der Waals surface area contributed by atoms with Crippen molar-refractivity contribution in [2.75, 3.05) is 20.2 Å². The van der Waals surface area contributed by atoms with E-state index in [0.29, 0.717) is 30.0 Å². The lowest BCUT2D eigenvalue weighted by Gasteiger charge is -2.63. The number of nitrogens with zero attached hydrogens (tertiary/aromatic N) is 1. The van der Waals surface area contributed by atoms with E-state index >= 15 is 0 Å². The molecule has 0 bridgehead atoms. The number of halogens is 1. The predicted octanol–water partition coefficient (Wildman–Crippen LogP) is 3.68. The minimum absolute atomic E-state index is 0. The maximum Gasteiger partial charge on any atom is 0.191 e. The van der Waals surface area contributed by atoms with Gasteiger partial charge < -0.3 is 20.5 Å². The highest BCUT2D eigenvalue weighted by Crippen LogP contribution is 2.62. The summed E-state index contributed by atoms with van der Waals surface area (Å²) in [6.07, 6.45) is 4.88. The van der Waals surface area contributed by atoms with E-state index in [0.717, 1.165) is 23.9 Å². The van der Waals surface area contributed by atoms with E-state index in [4.69, 9.17) is 4.74 Å². The van der Waals surface area contributed by atoms with E-state index in [1.54, 1.807) is 18.4 Å². The van der Waals surface area contributed by atoms with Crippen LogP contribution < -0.4 is 10.6 Å². The Labute approximate surface area is 187 Å². The third kappa shape index (κ3) is 3.24. The number of thiophene rings is 1. The van der Waals surface area contributed by atoms with Crippen molar-refractivity contribution in [1.29, 1.82) is 0 Å². The lowest BCUT2D eigenvalue weighted by atomic mass is 9.46. The Morgan fingerprint density at radius 3 is 2.93 bits per heavy atom. The fourth-order valence-corrected chi connectivity index (χ4v) is 6.31. The van der Waals surface area contributed by atoms with Gasteiger partial charge in [0.2, 0.25) is 0 Å². The van der Waals surface area contributed by atoms with Gasteiger partial charge in [0.1, 0.15) is 6.10 Å². The molecule has 5 nitrogen and oxygen atoms in total. The molecule has 0 radical (unpaired) electrons. The van der Waals surface area contributed by atoms with Crippen molar-refractivity contribution >= 4 is 51.4 Å². The zero-order chi connectivity index (χ0) is 18.4. The molecule has 1 aliphatic heterocycles. The van der Waals surface area contributed by atoms with Crippen molar-refractivity contribution in [2.24, 2.45) is 16.3 Å². The molecule has 2 aliphatic carbocycles. The molecule has 2 aromatic rings. The molecule has 2 heterocycles. The number of rotatable bonds is 4. The maximum atomic E-state index is 10.6. The standard InChI is InChI=1S/C21H27N3O2S.HI/c1-22-20(24-18-14-7-10-26-19(14)21(18)8-4-9-21)23-12-15(25)17-11-13-5-2-3-6-16(13)27-17;/h2-3,5-6,11,14-15,18-19,25H,4,7-10,12H2,1H3,(H2,22,23,24);1H. The summed E-state index contributed by atoms with van der Waals surface area (Å²) in [6, 6.07) is 10.8. The summed E-state index contributed by atoms with van der Waals surface area (Å²) in [4.78, 5) is 5.39. The first-order valence-electron chi connectivity index (χ1n) is 9.96. The summed E-state index contributed by atoms with van der Waals surface area (Å²) in [5.74, 6) is 1.40. The molecule has 1 aromatic carbocycles. The van der Waals surface area contributed by atoms with Gasteiger partial charge in [-0.05, 0) is 36.8 Å². The molecular weight excluding hydrogens is 485 g/mol. The minimum atomic E-state index is -0.539. The average molecular weight is 513 g/mol. The van der Waals surface area contributed by atoms with Crippen molar-refractivity contribution in [2.45, 2.75) is 43.9 Å². The quantitative estimate of drug-likeness (QED) is 0.332. The molecule has 3 N–H and O–H groups in total.